The highest BCUT2D eigenvalue weighted by Gasteiger charge is 2.02. The molecule has 0 fully saturated rings. The number of hydrogen-bond donors (Lipinski definition) is 2. The van der Waals surface area contributed by atoms with Crippen molar-refractivity contribution in [3.05, 3.63) is 65.7 Å². The van der Waals surface area contributed by atoms with Crippen LogP contribution in [0.3, 0.4) is 0 Å². The molecular formula is C18H16O5. The molecule has 0 bridgehead atoms. The molecule has 0 aromatic heterocycles. The van der Waals surface area contributed by atoms with Crippen molar-refractivity contribution in [2.75, 3.05) is 6.61 Å². The molecule has 0 atom stereocenters. The summed E-state index contributed by atoms with van der Waals surface area (Å²) in [4.78, 5) is 22.4. The number of carboxylic acid groups (broad SMARTS) is 1. The van der Waals surface area contributed by atoms with Gasteiger partial charge in [-0.2, -0.15) is 0 Å². The summed E-state index contributed by atoms with van der Waals surface area (Å²) in [7, 11) is 0. The average molecular weight is 312 g/mol. The van der Waals surface area contributed by atoms with E-state index in [1.54, 1.807) is 36.4 Å². The fourth-order valence-electron chi connectivity index (χ4n) is 1.86. The van der Waals surface area contributed by atoms with E-state index >= 15 is 0 Å². The number of carbonyl (C=O) groups is 2. The number of rotatable bonds is 7. The standard InChI is InChI=1S/C18H16O5/c19-15-7-5-14(6-8-15)17(20)9-4-13-2-1-3-16(12-13)23-11-10-18(21)22/h1-9,12,19H,10-11H2,(H,21,22)/b9-4-. The number of phenolic OH excluding ortho intramolecular Hbond substituents is 1. The zero-order valence-corrected chi connectivity index (χ0v) is 12.3. The zero-order chi connectivity index (χ0) is 16.7. The summed E-state index contributed by atoms with van der Waals surface area (Å²) in [6.45, 7) is 0.0922. The second-order valence-electron chi connectivity index (χ2n) is 4.81. The topological polar surface area (TPSA) is 83.8 Å². The number of carboxylic acids is 1. The second kappa shape index (κ2) is 7.79. The smallest absolute Gasteiger partial charge is 0.306 e. The number of aliphatic carboxylic acids is 1. The molecule has 0 radical (unpaired) electrons. The predicted molar refractivity (Wildman–Crippen MR) is 85.7 cm³/mol. The molecule has 2 N–H and O–H groups in total. The van der Waals surface area contributed by atoms with E-state index in [4.69, 9.17) is 9.84 Å². The van der Waals surface area contributed by atoms with Crippen molar-refractivity contribution in [2.45, 2.75) is 6.42 Å². The first-order valence-electron chi connectivity index (χ1n) is 7.01. The van der Waals surface area contributed by atoms with Crippen LogP contribution in [0.1, 0.15) is 22.3 Å². The minimum atomic E-state index is -0.916. The molecule has 0 amide bonds. The Morgan fingerprint density at radius 3 is 2.52 bits per heavy atom. The van der Waals surface area contributed by atoms with Gasteiger partial charge in [-0.05, 0) is 48.0 Å². The minimum absolute atomic E-state index is 0.0700. The Labute approximate surface area is 133 Å². The minimum Gasteiger partial charge on any atom is -0.508 e. The summed E-state index contributed by atoms with van der Waals surface area (Å²) in [6.07, 6.45) is 3.02. The number of ether oxygens (including phenoxy) is 1. The third-order valence-electron chi connectivity index (χ3n) is 3.02. The van der Waals surface area contributed by atoms with Crippen LogP contribution in [0.2, 0.25) is 0 Å². The van der Waals surface area contributed by atoms with Gasteiger partial charge < -0.3 is 14.9 Å². The highest BCUT2D eigenvalue weighted by atomic mass is 16.5. The molecule has 118 valence electrons. The number of phenols is 1. The number of ketones is 1. The Hall–Kier alpha value is -3.08. The summed E-state index contributed by atoms with van der Waals surface area (Å²) in [5, 5.41) is 17.8. The molecule has 2 rings (SSSR count). The first kappa shape index (κ1) is 16.3. The van der Waals surface area contributed by atoms with Gasteiger partial charge in [0.2, 0.25) is 0 Å². The molecule has 5 nitrogen and oxygen atoms in total. The maximum atomic E-state index is 12.0. The molecule has 0 aliphatic rings. The molecule has 5 heteroatoms. The maximum absolute atomic E-state index is 12.0. The van der Waals surface area contributed by atoms with Crippen molar-refractivity contribution in [3.63, 3.8) is 0 Å². The van der Waals surface area contributed by atoms with Crippen molar-refractivity contribution in [1.29, 1.82) is 0 Å². The second-order valence-corrected chi connectivity index (χ2v) is 4.81. The summed E-state index contributed by atoms with van der Waals surface area (Å²) in [5.74, 6) is -0.440. The molecule has 0 unspecified atom stereocenters. The molecule has 2 aromatic rings. The summed E-state index contributed by atoms with van der Waals surface area (Å²) in [5.41, 5.74) is 1.25. The van der Waals surface area contributed by atoms with E-state index in [0.29, 0.717) is 11.3 Å². The van der Waals surface area contributed by atoms with Gasteiger partial charge in [0.25, 0.3) is 0 Å². The van der Waals surface area contributed by atoms with Gasteiger partial charge in [0, 0.05) is 5.56 Å². The van der Waals surface area contributed by atoms with E-state index < -0.39 is 5.97 Å². The van der Waals surface area contributed by atoms with Gasteiger partial charge in [0.05, 0.1) is 13.0 Å². The Bertz CT molecular complexity index is 716. The van der Waals surface area contributed by atoms with Crippen molar-refractivity contribution in [1.82, 2.24) is 0 Å². The van der Waals surface area contributed by atoms with Crippen LogP contribution in [-0.4, -0.2) is 28.6 Å². The first-order valence-corrected chi connectivity index (χ1v) is 7.01. The number of carbonyl (C=O) groups excluding carboxylic acids is 1. The molecule has 0 spiro atoms. The highest BCUT2D eigenvalue weighted by Crippen LogP contribution is 2.16. The van der Waals surface area contributed by atoms with Crippen LogP contribution >= 0.6 is 0 Å². The lowest BCUT2D eigenvalue weighted by molar-refractivity contribution is -0.137. The Morgan fingerprint density at radius 2 is 1.83 bits per heavy atom. The highest BCUT2D eigenvalue weighted by molar-refractivity contribution is 6.06. The van der Waals surface area contributed by atoms with E-state index in [2.05, 4.69) is 0 Å². The van der Waals surface area contributed by atoms with Crippen LogP contribution in [0, 0.1) is 0 Å². The maximum Gasteiger partial charge on any atom is 0.306 e. The van der Waals surface area contributed by atoms with Gasteiger partial charge >= 0.3 is 5.97 Å². The van der Waals surface area contributed by atoms with Crippen LogP contribution in [0.25, 0.3) is 6.08 Å². The molecule has 0 saturated heterocycles. The average Bonchev–Trinajstić information content (AvgIpc) is 2.53. The fraction of sp³-hybridized carbons (Fsp3) is 0.111. The van der Waals surface area contributed by atoms with Gasteiger partial charge in [0.15, 0.2) is 5.78 Å². The summed E-state index contributed by atoms with van der Waals surface area (Å²) in [6, 6.07) is 13.0. The van der Waals surface area contributed by atoms with Crippen molar-refractivity contribution >= 4 is 17.8 Å². The van der Waals surface area contributed by atoms with E-state index in [-0.39, 0.29) is 24.6 Å². The van der Waals surface area contributed by atoms with Gasteiger partial charge in [-0.25, -0.2) is 0 Å². The van der Waals surface area contributed by atoms with Crippen molar-refractivity contribution in [2.24, 2.45) is 0 Å². The Morgan fingerprint density at radius 1 is 1.09 bits per heavy atom. The number of aromatic hydroxyl groups is 1. The lowest BCUT2D eigenvalue weighted by atomic mass is 10.1. The van der Waals surface area contributed by atoms with Crippen LogP contribution in [0.15, 0.2) is 54.6 Å². The van der Waals surface area contributed by atoms with Crippen molar-refractivity contribution < 1.29 is 24.5 Å². The quantitative estimate of drug-likeness (QED) is 0.606. The van der Waals surface area contributed by atoms with E-state index in [9.17, 15) is 14.7 Å². The third-order valence-corrected chi connectivity index (χ3v) is 3.02. The SMILES string of the molecule is O=C(O)CCOc1cccc(/C=C\C(=O)c2ccc(O)cc2)c1. The van der Waals surface area contributed by atoms with Crippen LogP contribution in [-0.2, 0) is 4.79 Å². The molecule has 0 aliphatic heterocycles. The van der Waals surface area contributed by atoms with Crippen LogP contribution < -0.4 is 4.74 Å². The number of hydrogen-bond acceptors (Lipinski definition) is 4. The first-order chi connectivity index (χ1) is 11.0. The normalized spacial score (nSPS) is 10.6. The van der Waals surface area contributed by atoms with Crippen molar-refractivity contribution in [3.8, 4) is 11.5 Å². The van der Waals surface area contributed by atoms with Crippen LogP contribution in [0.4, 0.5) is 0 Å². The van der Waals surface area contributed by atoms with Gasteiger partial charge in [-0.1, -0.05) is 18.2 Å². The van der Waals surface area contributed by atoms with E-state index in [0.717, 1.165) is 5.56 Å². The van der Waals surface area contributed by atoms with Gasteiger partial charge in [-0.15, -0.1) is 0 Å². The monoisotopic (exact) mass is 312 g/mol. The summed E-state index contributed by atoms with van der Waals surface area (Å²) < 4.78 is 5.33. The largest absolute Gasteiger partial charge is 0.508 e. The lowest BCUT2D eigenvalue weighted by Gasteiger charge is -2.05. The van der Waals surface area contributed by atoms with Gasteiger partial charge in [-0.3, -0.25) is 9.59 Å². The molecule has 0 saturated carbocycles. The number of allylic oxidation sites excluding steroid dienone is 1. The fourth-order valence-corrected chi connectivity index (χ4v) is 1.86. The van der Waals surface area contributed by atoms with Crippen LogP contribution in [0.5, 0.6) is 11.5 Å². The molecular weight excluding hydrogens is 296 g/mol. The third kappa shape index (κ3) is 5.32. The van der Waals surface area contributed by atoms with E-state index in [1.165, 1.54) is 18.2 Å². The number of benzene rings is 2. The molecule has 0 aliphatic carbocycles. The molecule has 23 heavy (non-hydrogen) atoms. The van der Waals surface area contributed by atoms with E-state index in [1.807, 2.05) is 6.07 Å². The predicted octanol–water partition coefficient (Wildman–Crippen LogP) is 3.14. The Kier molecular flexibility index (Phi) is 5.52. The lowest BCUT2D eigenvalue weighted by Crippen LogP contribution is -2.04. The van der Waals surface area contributed by atoms with Gasteiger partial charge in [0.1, 0.15) is 11.5 Å². The zero-order valence-electron chi connectivity index (χ0n) is 12.3. The Balaban J connectivity index is 2.00. The molecule has 0 heterocycles. The molecule has 2 aromatic carbocycles. The summed E-state index contributed by atoms with van der Waals surface area (Å²) >= 11 is 0.